The summed E-state index contributed by atoms with van der Waals surface area (Å²) in [6.45, 7) is 8.10. The summed E-state index contributed by atoms with van der Waals surface area (Å²) in [7, 11) is 3.20. The number of hydrogen-bond donors (Lipinski definition) is 5. The molecule has 2 rings (SSSR count). The summed E-state index contributed by atoms with van der Waals surface area (Å²) in [4.78, 5) is 11.4. The molecular formula is C18H23N5O3. The van der Waals surface area contributed by atoms with Gasteiger partial charge in [-0.25, -0.2) is 5.43 Å². The molecule has 1 amide bonds. The number of amides is 1. The van der Waals surface area contributed by atoms with Crippen LogP contribution in [-0.4, -0.2) is 32.4 Å². The van der Waals surface area contributed by atoms with Gasteiger partial charge in [-0.05, 0) is 23.8 Å². The zero-order chi connectivity index (χ0) is 19.1. The van der Waals surface area contributed by atoms with Crippen LogP contribution in [-0.2, 0) is 16.1 Å². The third-order valence-corrected chi connectivity index (χ3v) is 3.60. The Morgan fingerprint density at radius 1 is 1.46 bits per heavy atom. The van der Waals surface area contributed by atoms with Gasteiger partial charge in [-0.1, -0.05) is 19.2 Å². The van der Waals surface area contributed by atoms with Crippen molar-refractivity contribution in [3.8, 4) is 5.75 Å². The molecule has 8 nitrogen and oxygen atoms in total. The monoisotopic (exact) mass is 357 g/mol. The number of nitrogens with one attached hydrogen (secondary N) is 5. The summed E-state index contributed by atoms with van der Waals surface area (Å²) in [5, 5.41) is 14.0. The summed E-state index contributed by atoms with van der Waals surface area (Å²) in [5.74, 6) is 0.855. The first-order chi connectivity index (χ1) is 12.4. The van der Waals surface area contributed by atoms with Crippen molar-refractivity contribution in [1.29, 1.82) is 5.41 Å². The van der Waals surface area contributed by atoms with Crippen LogP contribution in [0.4, 0.5) is 5.69 Å². The lowest BCUT2D eigenvalue weighted by Gasteiger charge is -2.19. The molecule has 5 N–H and O–H groups in total. The fraction of sp³-hybridized carbons (Fsp3) is 0.222. The second-order valence-electron chi connectivity index (χ2n) is 5.47. The normalized spacial score (nSPS) is 13.0. The average molecular weight is 357 g/mol. The second kappa shape index (κ2) is 8.72. The number of benzene rings is 1. The Morgan fingerprint density at radius 2 is 2.23 bits per heavy atom. The molecular weight excluding hydrogens is 334 g/mol. The Labute approximate surface area is 152 Å². The van der Waals surface area contributed by atoms with Crippen LogP contribution in [0.2, 0.25) is 0 Å². The predicted molar refractivity (Wildman–Crippen MR) is 101 cm³/mol. The summed E-state index contributed by atoms with van der Waals surface area (Å²) in [6.07, 6.45) is 1.55. The van der Waals surface area contributed by atoms with Crippen molar-refractivity contribution < 1.29 is 14.3 Å². The molecule has 0 bridgehead atoms. The lowest BCUT2D eigenvalue weighted by molar-refractivity contribution is -0.118. The van der Waals surface area contributed by atoms with Crippen LogP contribution in [0.3, 0.4) is 0 Å². The third-order valence-electron chi connectivity index (χ3n) is 3.60. The van der Waals surface area contributed by atoms with Gasteiger partial charge in [0.1, 0.15) is 11.5 Å². The zero-order valence-electron chi connectivity index (χ0n) is 14.9. The van der Waals surface area contributed by atoms with Crippen molar-refractivity contribution in [2.24, 2.45) is 0 Å². The number of ether oxygens (including phenoxy) is 2. The van der Waals surface area contributed by atoms with Crippen molar-refractivity contribution in [3.05, 3.63) is 60.1 Å². The number of hydrazine groups is 1. The van der Waals surface area contributed by atoms with Gasteiger partial charge in [0.2, 0.25) is 0 Å². The first kappa shape index (κ1) is 19.1. The maximum absolute atomic E-state index is 11.4. The number of rotatable bonds is 9. The van der Waals surface area contributed by atoms with Gasteiger partial charge in [-0.15, -0.1) is 0 Å². The van der Waals surface area contributed by atoms with Crippen molar-refractivity contribution in [2.45, 2.75) is 6.54 Å². The largest absolute Gasteiger partial charge is 0.495 e. The Hall–Kier alpha value is -3.26. The number of methoxy groups -OCH3 is 1. The topological polar surface area (TPSA) is 108 Å². The van der Waals surface area contributed by atoms with E-state index in [0.717, 1.165) is 5.56 Å². The minimum absolute atomic E-state index is 0.0284. The summed E-state index contributed by atoms with van der Waals surface area (Å²) in [5.41, 5.74) is 8.31. The third kappa shape index (κ3) is 4.87. The number of hydrogen-bond acceptors (Lipinski definition) is 7. The van der Waals surface area contributed by atoms with Gasteiger partial charge >= 0.3 is 0 Å². The van der Waals surface area contributed by atoms with E-state index in [2.05, 4.69) is 34.6 Å². The minimum Gasteiger partial charge on any atom is -0.495 e. The highest BCUT2D eigenvalue weighted by Gasteiger charge is 2.16. The van der Waals surface area contributed by atoms with Crippen molar-refractivity contribution in [2.75, 3.05) is 26.1 Å². The van der Waals surface area contributed by atoms with Crippen LogP contribution in [0.1, 0.15) is 5.56 Å². The van der Waals surface area contributed by atoms with Crippen LogP contribution < -0.4 is 26.2 Å². The molecule has 0 radical (unpaired) electrons. The van der Waals surface area contributed by atoms with E-state index in [9.17, 15) is 4.79 Å². The lowest BCUT2D eigenvalue weighted by Crippen LogP contribution is -2.29. The molecule has 0 saturated heterocycles. The van der Waals surface area contributed by atoms with E-state index in [-0.39, 0.29) is 18.2 Å². The zero-order valence-corrected chi connectivity index (χ0v) is 14.9. The molecule has 0 aliphatic carbocycles. The highest BCUT2D eigenvalue weighted by molar-refractivity contribution is 6.05. The molecule has 0 unspecified atom stereocenters. The Morgan fingerprint density at radius 3 is 2.92 bits per heavy atom. The van der Waals surface area contributed by atoms with Gasteiger partial charge in [0.15, 0.2) is 6.61 Å². The Bertz CT molecular complexity index is 770. The van der Waals surface area contributed by atoms with Crippen LogP contribution >= 0.6 is 0 Å². The highest BCUT2D eigenvalue weighted by Crippen LogP contribution is 2.28. The van der Waals surface area contributed by atoms with Crippen molar-refractivity contribution >= 4 is 17.3 Å². The molecule has 1 aliphatic rings. The van der Waals surface area contributed by atoms with Crippen LogP contribution in [0.15, 0.2) is 54.6 Å². The molecule has 0 spiro atoms. The number of fused-ring (bicyclic) bond motifs is 1. The quantitative estimate of drug-likeness (QED) is 0.198. The molecule has 0 saturated carbocycles. The number of allylic oxidation sites excluding steroid dienone is 1. The van der Waals surface area contributed by atoms with Gasteiger partial charge in [-0.3, -0.25) is 10.2 Å². The van der Waals surface area contributed by atoms with E-state index in [0.29, 0.717) is 35.1 Å². The first-order valence-corrected chi connectivity index (χ1v) is 7.89. The first-order valence-electron chi connectivity index (χ1n) is 7.89. The van der Waals surface area contributed by atoms with E-state index in [4.69, 9.17) is 14.9 Å². The van der Waals surface area contributed by atoms with E-state index >= 15 is 0 Å². The number of carbonyl (C=O) groups excluding carboxylic acids is 1. The summed E-state index contributed by atoms with van der Waals surface area (Å²) < 4.78 is 10.4. The highest BCUT2D eigenvalue weighted by atomic mass is 16.5. The van der Waals surface area contributed by atoms with Gasteiger partial charge in [0.05, 0.1) is 29.9 Å². The summed E-state index contributed by atoms with van der Waals surface area (Å²) in [6, 6.07) is 5.51. The standard InChI is InChI=1S/C18H23N5O3/c1-11(14(19)8-15(23-20-3)12(2)25-4)21-9-13-5-6-17-16(7-13)22-18(24)10-26-17/h5-8,19-21,23H,1-2,9-10H2,3-4H3,(H,22,24)/b15-8-,19-14?. The molecule has 138 valence electrons. The second-order valence-corrected chi connectivity index (χ2v) is 5.47. The summed E-state index contributed by atoms with van der Waals surface area (Å²) >= 11 is 0. The maximum Gasteiger partial charge on any atom is 0.262 e. The van der Waals surface area contributed by atoms with E-state index in [1.165, 1.54) is 7.11 Å². The van der Waals surface area contributed by atoms with Gasteiger partial charge in [-0.2, -0.15) is 0 Å². The van der Waals surface area contributed by atoms with E-state index < -0.39 is 0 Å². The molecule has 1 aromatic rings. The average Bonchev–Trinajstić information content (AvgIpc) is 2.64. The minimum atomic E-state index is -0.179. The van der Waals surface area contributed by atoms with E-state index in [1.807, 2.05) is 12.1 Å². The molecule has 8 heteroatoms. The molecule has 1 heterocycles. The van der Waals surface area contributed by atoms with Crippen molar-refractivity contribution in [3.63, 3.8) is 0 Å². The molecule has 0 fully saturated rings. The predicted octanol–water partition coefficient (Wildman–Crippen LogP) is 1.41. The number of anilines is 1. The Kier molecular flexibility index (Phi) is 6.40. The smallest absolute Gasteiger partial charge is 0.262 e. The van der Waals surface area contributed by atoms with Crippen LogP contribution in [0.25, 0.3) is 0 Å². The molecule has 1 aromatic carbocycles. The van der Waals surface area contributed by atoms with Gasteiger partial charge in [0, 0.05) is 13.6 Å². The van der Waals surface area contributed by atoms with Gasteiger partial charge in [0.25, 0.3) is 5.91 Å². The molecule has 0 aromatic heterocycles. The van der Waals surface area contributed by atoms with Crippen LogP contribution in [0, 0.1) is 5.41 Å². The fourth-order valence-electron chi connectivity index (χ4n) is 2.21. The number of carbonyl (C=O) groups is 1. The molecule has 0 atom stereocenters. The Balaban J connectivity index is 1.99. The fourth-order valence-corrected chi connectivity index (χ4v) is 2.21. The van der Waals surface area contributed by atoms with Gasteiger partial charge < -0.3 is 25.5 Å². The molecule has 1 aliphatic heterocycles. The van der Waals surface area contributed by atoms with Crippen LogP contribution in [0.5, 0.6) is 5.75 Å². The van der Waals surface area contributed by atoms with E-state index in [1.54, 1.807) is 19.2 Å². The SMILES string of the molecule is C=C(NCc1ccc2c(c1)NC(=O)CO2)C(=N)/C=C(\NNC)C(=C)OC. The lowest BCUT2D eigenvalue weighted by atomic mass is 10.1. The van der Waals surface area contributed by atoms with Crippen molar-refractivity contribution in [1.82, 2.24) is 16.2 Å². The maximum atomic E-state index is 11.4. The molecule has 26 heavy (non-hydrogen) atoms.